The third-order valence-electron chi connectivity index (χ3n) is 1.77. The van der Waals surface area contributed by atoms with Crippen LogP contribution in [0.4, 0.5) is 11.4 Å². The van der Waals surface area contributed by atoms with Crippen molar-refractivity contribution in [3.05, 3.63) is 32.8 Å². The zero-order valence-electron chi connectivity index (χ0n) is 7.37. The number of benzene rings is 1. The van der Waals surface area contributed by atoms with E-state index in [2.05, 4.69) is 0 Å². The van der Waals surface area contributed by atoms with Crippen molar-refractivity contribution in [2.75, 3.05) is 11.6 Å². The molecule has 0 unspecified atom stereocenters. The van der Waals surface area contributed by atoms with E-state index in [0.29, 0.717) is 0 Å². The van der Waals surface area contributed by atoms with Crippen LogP contribution in [0.15, 0.2) is 12.1 Å². The number of anilines is 1. The highest BCUT2D eigenvalue weighted by Gasteiger charge is 2.21. The fourth-order valence-electron chi connectivity index (χ4n) is 1.09. The van der Waals surface area contributed by atoms with Gasteiger partial charge in [0.1, 0.15) is 5.69 Å². The molecule has 1 rings (SSSR count). The van der Waals surface area contributed by atoms with E-state index >= 15 is 0 Å². The van der Waals surface area contributed by atoms with E-state index < -0.39 is 10.7 Å². The van der Waals surface area contributed by atoms with E-state index in [1.807, 2.05) is 0 Å². The first-order valence-corrected chi connectivity index (χ1v) is 4.71. The molecule has 15 heavy (non-hydrogen) atoms. The summed E-state index contributed by atoms with van der Waals surface area (Å²) in [6.45, 7) is 0. The van der Waals surface area contributed by atoms with Crippen molar-refractivity contribution in [2.45, 2.75) is 0 Å². The average molecular weight is 249 g/mol. The fourth-order valence-corrected chi connectivity index (χ4v) is 1.50. The van der Waals surface area contributed by atoms with Gasteiger partial charge in [-0.25, -0.2) is 0 Å². The molecule has 0 fully saturated rings. The predicted molar refractivity (Wildman–Crippen MR) is 57.6 cm³/mol. The Bertz CT molecular complexity index is 434. The lowest BCUT2D eigenvalue weighted by molar-refractivity contribution is -0.383. The van der Waals surface area contributed by atoms with Gasteiger partial charge >= 0.3 is 0 Å². The lowest BCUT2D eigenvalue weighted by atomic mass is 10.1. The largest absolute Gasteiger partial charge is 0.393 e. The molecule has 0 aromatic heterocycles. The molecule has 0 bridgehead atoms. The SMILES string of the molecule is Nc1c([N+](=O)[O-])ccc(Cl)c1C(=O)CCl. The van der Waals surface area contributed by atoms with Gasteiger partial charge in [0.05, 0.1) is 21.4 Å². The molecular weight excluding hydrogens is 243 g/mol. The Morgan fingerprint density at radius 3 is 2.60 bits per heavy atom. The molecule has 7 heteroatoms. The van der Waals surface area contributed by atoms with Gasteiger partial charge in [-0.3, -0.25) is 14.9 Å². The molecule has 1 aromatic carbocycles. The Kier molecular flexibility index (Phi) is 3.49. The van der Waals surface area contributed by atoms with Gasteiger partial charge in [0, 0.05) is 6.07 Å². The van der Waals surface area contributed by atoms with Crippen LogP contribution >= 0.6 is 23.2 Å². The Morgan fingerprint density at radius 1 is 1.53 bits per heavy atom. The minimum absolute atomic E-state index is 0.0590. The number of nitrogen functional groups attached to an aromatic ring is 1. The molecule has 0 aliphatic carbocycles. The first-order valence-electron chi connectivity index (χ1n) is 3.80. The average Bonchev–Trinajstić information content (AvgIpc) is 2.16. The Morgan fingerprint density at radius 2 is 2.13 bits per heavy atom. The molecule has 0 atom stereocenters. The number of carbonyl (C=O) groups excluding carboxylic acids is 1. The number of rotatable bonds is 3. The van der Waals surface area contributed by atoms with Crippen molar-refractivity contribution < 1.29 is 9.72 Å². The first-order chi connectivity index (χ1) is 6.99. The topological polar surface area (TPSA) is 86.2 Å². The minimum atomic E-state index is -0.684. The monoisotopic (exact) mass is 248 g/mol. The van der Waals surface area contributed by atoms with Gasteiger partial charge in [-0.15, -0.1) is 11.6 Å². The number of nitro groups is 1. The van der Waals surface area contributed by atoms with E-state index in [9.17, 15) is 14.9 Å². The second-order valence-corrected chi connectivity index (χ2v) is 3.34. The summed E-state index contributed by atoms with van der Waals surface area (Å²) in [7, 11) is 0. The molecule has 5 nitrogen and oxygen atoms in total. The van der Waals surface area contributed by atoms with Gasteiger partial charge in [0.25, 0.3) is 5.69 Å². The molecule has 0 heterocycles. The lowest BCUT2D eigenvalue weighted by Gasteiger charge is -2.05. The summed E-state index contributed by atoms with van der Waals surface area (Å²) >= 11 is 11.0. The zero-order valence-corrected chi connectivity index (χ0v) is 8.88. The number of ketones is 1. The van der Waals surface area contributed by atoms with E-state index in [-0.39, 0.29) is 27.8 Å². The number of nitrogens with two attached hydrogens (primary N) is 1. The first kappa shape index (κ1) is 11.7. The van der Waals surface area contributed by atoms with Crippen molar-refractivity contribution >= 4 is 40.4 Å². The third kappa shape index (κ3) is 2.19. The fraction of sp³-hybridized carbons (Fsp3) is 0.125. The van der Waals surface area contributed by atoms with Crippen LogP contribution < -0.4 is 5.73 Å². The van der Waals surface area contributed by atoms with Crippen LogP contribution in [0.25, 0.3) is 0 Å². The molecule has 1 aromatic rings. The van der Waals surface area contributed by atoms with E-state index in [1.54, 1.807) is 0 Å². The normalized spacial score (nSPS) is 10.0. The third-order valence-corrected chi connectivity index (χ3v) is 2.33. The molecule has 0 amide bonds. The Labute approximate surface area is 94.9 Å². The van der Waals surface area contributed by atoms with Crippen molar-refractivity contribution in [3.63, 3.8) is 0 Å². The summed E-state index contributed by atoms with van der Waals surface area (Å²) in [5, 5.41) is 10.6. The number of Topliss-reactive ketones (excluding diaryl/α,β-unsaturated/α-hetero) is 1. The van der Waals surface area contributed by atoms with Gasteiger partial charge in [-0.1, -0.05) is 11.6 Å². The second-order valence-electron chi connectivity index (χ2n) is 2.67. The molecule has 0 aliphatic rings. The molecular formula is C8H6Cl2N2O3. The zero-order chi connectivity index (χ0) is 11.6. The molecule has 0 saturated heterocycles. The van der Waals surface area contributed by atoms with Crippen molar-refractivity contribution in [3.8, 4) is 0 Å². The van der Waals surface area contributed by atoms with Crippen molar-refractivity contribution in [2.24, 2.45) is 0 Å². The summed E-state index contributed by atoms with van der Waals surface area (Å²) in [5.74, 6) is -0.867. The number of nitro benzene ring substituents is 1. The van der Waals surface area contributed by atoms with Gasteiger partial charge in [0.2, 0.25) is 0 Å². The number of hydrogen-bond donors (Lipinski definition) is 1. The number of nitrogens with zero attached hydrogens (tertiary/aromatic N) is 1. The highest BCUT2D eigenvalue weighted by atomic mass is 35.5. The van der Waals surface area contributed by atoms with Crippen LogP contribution in [-0.4, -0.2) is 16.6 Å². The van der Waals surface area contributed by atoms with Crippen LogP contribution in [0.1, 0.15) is 10.4 Å². The van der Waals surface area contributed by atoms with E-state index in [1.165, 1.54) is 6.07 Å². The summed E-state index contributed by atoms with van der Waals surface area (Å²) in [6, 6.07) is 2.39. The van der Waals surface area contributed by atoms with Crippen LogP contribution in [0.3, 0.4) is 0 Å². The molecule has 0 spiro atoms. The van der Waals surface area contributed by atoms with E-state index in [0.717, 1.165) is 6.07 Å². The van der Waals surface area contributed by atoms with Gasteiger partial charge in [0.15, 0.2) is 5.78 Å². The maximum Gasteiger partial charge on any atom is 0.292 e. The van der Waals surface area contributed by atoms with Crippen LogP contribution in [0.5, 0.6) is 0 Å². The van der Waals surface area contributed by atoms with Gasteiger partial charge in [-0.2, -0.15) is 0 Å². The van der Waals surface area contributed by atoms with E-state index in [4.69, 9.17) is 28.9 Å². The summed E-state index contributed by atoms with van der Waals surface area (Å²) in [5.41, 5.74) is 4.75. The summed E-state index contributed by atoms with van der Waals surface area (Å²) in [6.07, 6.45) is 0. The molecule has 2 N–H and O–H groups in total. The second kappa shape index (κ2) is 4.46. The summed E-state index contributed by atoms with van der Waals surface area (Å²) < 4.78 is 0. The maximum absolute atomic E-state index is 11.3. The smallest absolute Gasteiger partial charge is 0.292 e. The molecule has 0 radical (unpaired) electrons. The molecule has 0 aliphatic heterocycles. The van der Waals surface area contributed by atoms with Crippen LogP contribution in [-0.2, 0) is 0 Å². The van der Waals surface area contributed by atoms with Crippen LogP contribution in [0, 0.1) is 10.1 Å². The van der Waals surface area contributed by atoms with Crippen molar-refractivity contribution in [1.82, 2.24) is 0 Å². The van der Waals surface area contributed by atoms with Crippen LogP contribution in [0.2, 0.25) is 5.02 Å². The summed E-state index contributed by atoms with van der Waals surface area (Å²) in [4.78, 5) is 21.2. The maximum atomic E-state index is 11.3. The lowest BCUT2D eigenvalue weighted by Crippen LogP contribution is -2.08. The quantitative estimate of drug-likeness (QED) is 0.292. The highest BCUT2D eigenvalue weighted by molar-refractivity contribution is 6.38. The number of carbonyl (C=O) groups is 1. The Hall–Kier alpha value is -1.33. The van der Waals surface area contributed by atoms with Crippen molar-refractivity contribution in [1.29, 1.82) is 0 Å². The van der Waals surface area contributed by atoms with Gasteiger partial charge in [-0.05, 0) is 6.07 Å². The molecule has 0 saturated carbocycles. The Balaban J connectivity index is 3.43. The van der Waals surface area contributed by atoms with Gasteiger partial charge < -0.3 is 5.73 Å². The minimum Gasteiger partial charge on any atom is -0.393 e. The standard InChI is InChI=1S/C8H6Cl2N2O3/c9-3-6(13)7-4(10)1-2-5(8(7)11)12(14)15/h1-2H,3,11H2. The number of halogens is 2. The highest BCUT2D eigenvalue weighted by Crippen LogP contribution is 2.31. The number of alkyl halides is 1. The predicted octanol–water partition coefficient (Wildman–Crippen LogP) is 2.25. The molecule has 80 valence electrons. The number of hydrogen-bond acceptors (Lipinski definition) is 4.